The highest BCUT2D eigenvalue weighted by Gasteiger charge is 2.23. The predicted octanol–water partition coefficient (Wildman–Crippen LogP) is 1.49. The highest BCUT2D eigenvalue weighted by Crippen LogP contribution is 2.22. The number of aliphatic hydroxyl groups is 1. The van der Waals surface area contributed by atoms with Crippen LogP contribution in [0.5, 0.6) is 0 Å². The zero-order valence-corrected chi connectivity index (χ0v) is 8.43. The van der Waals surface area contributed by atoms with Crippen LogP contribution in [0.3, 0.4) is 0 Å². The molecular formula is C8H14N2OS. The van der Waals surface area contributed by atoms with Crippen LogP contribution >= 0.6 is 11.3 Å². The molecule has 0 aliphatic carbocycles. The minimum absolute atomic E-state index is 0.0777. The molecule has 1 N–H and O–H groups in total. The normalized spacial score (nSPS) is 14.7. The molecule has 0 saturated carbocycles. The van der Waals surface area contributed by atoms with Crippen molar-refractivity contribution in [1.82, 2.24) is 10.2 Å². The molecule has 0 fully saturated rings. The first-order valence-corrected chi connectivity index (χ1v) is 4.81. The molecular weight excluding hydrogens is 172 g/mol. The molecule has 0 spiro atoms. The third-order valence-corrected chi connectivity index (χ3v) is 2.49. The molecule has 0 amide bonds. The average molecular weight is 186 g/mol. The largest absolute Gasteiger partial charge is 0.392 e. The second-order valence-corrected chi connectivity index (χ2v) is 4.84. The third-order valence-electron chi connectivity index (χ3n) is 1.77. The summed E-state index contributed by atoms with van der Waals surface area (Å²) in [6.07, 6.45) is 0.263. The molecule has 0 aromatic carbocycles. The van der Waals surface area contributed by atoms with Crippen molar-refractivity contribution in [1.29, 1.82) is 0 Å². The Hall–Kier alpha value is -0.480. The van der Waals surface area contributed by atoms with Crippen LogP contribution in [-0.4, -0.2) is 21.4 Å². The maximum Gasteiger partial charge on any atom is 0.119 e. The number of nitrogens with zero attached hydrogens (tertiary/aromatic N) is 2. The van der Waals surface area contributed by atoms with Crippen molar-refractivity contribution in [2.75, 3.05) is 0 Å². The number of aliphatic hydroxyl groups excluding tert-OH is 1. The van der Waals surface area contributed by atoms with Crippen LogP contribution < -0.4 is 0 Å². The first-order chi connectivity index (χ1) is 5.50. The fourth-order valence-electron chi connectivity index (χ4n) is 0.756. The summed E-state index contributed by atoms with van der Waals surface area (Å²) in [6, 6.07) is 0. The predicted molar refractivity (Wildman–Crippen MR) is 49.1 cm³/mol. The van der Waals surface area contributed by atoms with E-state index in [2.05, 4.69) is 10.2 Å². The lowest BCUT2D eigenvalue weighted by Gasteiger charge is -2.24. The van der Waals surface area contributed by atoms with E-state index in [0.717, 1.165) is 5.01 Å². The SMILES string of the molecule is CC(C)(C)C(O)Cc1nncs1. The van der Waals surface area contributed by atoms with Gasteiger partial charge >= 0.3 is 0 Å². The van der Waals surface area contributed by atoms with Crippen LogP contribution in [0.15, 0.2) is 5.51 Å². The Labute approximate surface area is 76.5 Å². The van der Waals surface area contributed by atoms with Gasteiger partial charge in [0.05, 0.1) is 6.10 Å². The molecule has 1 rings (SSSR count). The van der Waals surface area contributed by atoms with Crippen LogP contribution in [0.4, 0.5) is 0 Å². The summed E-state index contributed by atoms with van der Waals surface area (Å²) in [7, 11) is 0. The fraction of sp³-hybridized carbons (Fsp3) is 0.750. The zero-order chi connectivity index (χ0) is 9.19. The van der Waals surface area contributed by atoms with E-state index >= 15 is 0 Å². The van der Waals surface area contributed by atoms with E-state index in [0.29, 0.717) is 6.42 Å². The number of hydrogen-bond donors (Lipinski definition) is 1. The Kier molecular flexibility index (Phi) is 2.80. The smallest absolute Gasteiger partial charge is 0.119 e. The lowest BCUT2D eigenvalue weighted by Crippen LogP contribution is -2.27. The highest BCUT2D eigenvalue weighted by molar-refractivity contribution is 7.09. The van der Waals surface area contributed by atoms with E-state index in [4.69, 9.17) is 0 Å². The van der Waals surface area contributed by atoms with Crippen molar-refractivity contribution < 1.29 is 5.11 Å². The highest BCUT2D eigenvalue weighted by atomic mass is 32.1. The van der Waals surface area contributed by atoms with Crippen molar-refractivity contribution in [3.63, 3.8) is 0 Å². The third kappa shape index (κ3) is 2.53. The quantitative estimate of drug-likeness (QED) is 0.761. The molecule has 1 aromatic heterocycles. The number of aromatic nitrogens is 2. The van der Waals surface area contributed by atoms with Gasteiger partial charge in [0, 0.05) is 6.42 Å². The second kappa shape index (κ2) is 3.49. The molecule has 0 aliphatic heterocycles. The minimum atomic E-state index is -0.342. The maximum atomic E-state index is 9.70. The van der Waals surface area contributed by atoms with E-state index in [1.807, 2.05) is 20.8 Å². The van der Waals surface area contributed by atoms with Crippen molar-refractivity contribution in [3.05, 3.63) is 10.5 Å². The first kappa shape index (κ1) is 9.61. The number of hydrogen-bond acceptors (Lipinski definition) is 4. The van der Waals surface area contributed by atoms with Gasteiger partial charge < -0.3 is 5.11 Å². The van der Waals surface area contributed by atoms with Gasteiger partial charge in [-0.3, -0.25) is 0 Å². The molecule has 0 bridgehead atoms. The van der Waals surface area contributed by atoms with Gasteiger partial charge in [0.25, 0.3) is 0 Å². The summed E-state index contributed by atoms with van der Waals surface area (Å²) in [6.45, 7) is 6.04. The fourth-order valence-corrected chi connectivity index (χ4v) is 1.32. The van der Waals surface area contributed by atoms with Gasteiger partial charge in [-0.05, 0) is 5.41 Å². The van der Waals surface area contributed by atoms with Crippen LogP contribution in [0.1, 0.15) is 25.8 Å². The van der Waals surface area contributed by atoms with Gasteiger partial charge in [-0.1, -0.05) is 20.8 Å². The van der Waals surface area contributed by atoms with E-state index in [1.165, 1.54) is 11.3 Å². The summed E-state index contributed by atoms with van der Waals surface area (Å²) in [4.78, 5) is 0. The summed E-state index contributed by atoms with van der Waals surface area (Å²) >= 11 is 1.49. The summed E-state index contributed by atoms with van der Waals surface area (Å²) in [5.41, 5.74) is 1.61. The summed E-state index contributed by atoms with van der Waals surface area (Å²) < 4.78 is 0. The van der Waals surface area contributed by atoms with Crippen LogP contribution in [0.25, 0.3) is 0 Å². The summed E-state index contributed by atoms with van der Waals surface area (Å²) in [5, 5.41) is 18.2. The van der Waals surface area contributed by atoms with Crippen LogP contribution in [0.2, 0.25) is 0 Å². The van der Waals surface area contributed by atoms with Gasteiger partial charge in [0.15, 0.2) is 0 Å². The average Bonchev–Trinajstić information content (AvgIpc) is 2.37. The molecule has 12 heavy (non-hydrogen) atoms. The monoisotopic (exact) mass is 186 g/mol. The molecule has 0 radical (unpaired) electrons. The van der Waals surface area contributed by atoms with Crippen molar-refractivity contribution in [2.24, 2.45) is 5.41 Å². The molecule has 0 saturated heterocycles. The van der Waals surface area contributed by atoms with Gasteiger partial charge in [-0.15, -0.1) is 21.5 Å². The molecule has 3 nitrogen and oxygen atoms in total. The van der Waals surface area contributed by atoms with Crippen molar-refractivity contribution in [3.8, 4) is 0 Å². The van der Waals surface area contributed by atoms with Gasteiger partial charge in [0.1, 0.15) is 10.5 Å². The van der Waals surface area contributed by atoms with E-state index in [-0.39, 0.29) is 11.5 Å². The second-order valence-electron chi connectivity index (χ2n) is 3.92. The van der Waals surface area contributed by atoms with E-state index in [9.17, 15) is 5.11 Å². The molecule has 68 valence electrons. The van der Waals surface area contributed by atoms with Crippen LogP contribution in [-0.2, 0) is 6.42 Å². The van der Waals surface area contributed by atoms with Gasteiger partial charge in [-0.2, -0.15) is 0 Å². The molecule has 1 aromatic rings. The topological polar surface area (TPSA) is 46.0 Å². The Bertz CT molecular complexity index is 228. The molecule has 4 heteroatoms. The Morgan fingerprint density at radius 2 is 2.25 bits per heavy atom. The first-order valence-electron chi connectivity index (χ1n) is 3.93. The lowest BCUT2D eigenvalue weighted by atomic mass is 9.87. The maximum absolute atomic E-state index is 9.70. The zero-order valence-electron chi connectivity index (χ0n) is 7.61. The van der Waals surface area contributed by atoms with E-state index < -0.39 is 0 Å². The van der Waals surface area contributed by atoms with Crippen LogP contribution in [0, 0.1) is 5.41 Å². The number of rotatable bonds is 2. The van der Waals surface area contributed by atoms with Crippen molar-refractivity contribution >= 4 is 11.3 Å². The standard InChI is InChI=1S/C8H14N2OS/c1-8(2,3)6(11)4-7-10-9-5-12-7/h5-6,11H,4H2,1-3H3. The minimum Gasteiger partial charge on any atom is -0.392 e. The Balaban J connectivity index is 2.53. The lowest BCUT2D eigenvalue weighted by molar-refractivity contribution is 0.0634. The molecule has 1 atom stereocenters. The Morgan fingerprint density at radius 3 is 2.67 bits per heavy atom. The summed E-state index contributed by atoms with van der Waals surface area (Å²) in [5.74, 6) is 0. The van der Waals surface area contributed by atoms with Gasteiger partial charge in [-0.25, -0.2) is 0 Å². The van der Waals surface area contributed by atoms with Crippen molar-refractivity contribution in [2.45, 2.75) is 33.3 Å². The molecule has 1 heterocycles. The molecule has 1 unspecified atom stereocenters. The molecule has 0 aliphatic rings. The van der Waals surface area contributed by atoms with E-state index in [1.54, 1.807) is 5.51 Å². The van der Waals surface area contributed by atoms with Gasteiger partial charge in [0.2, 0.25) is 0 Å². The Morgan fingerprint density at radius 1 is 1.58 bits per heavy atom.